The molecule has 2 aromatic rings. The molecule has 160 valence electrons. The number of carbonyl (C=O) groups is 3. The minimum Gasteiger partial charge on any atom is -0.313 e. The van der Waals surface area contributed by atoms with Crippen molar-refractivity contribution in [1.82, 2.24) is 10.2 Å². The Labute approximate surface area is 186 Å². The lowest BCUT2D eigenvalue weighted by Crippen LogP contribution is -2.54. The average Bonchev–Trinajstić information content (AvgIpc) is 3.34. The van der Waals surface area contributed by atoms with Gasteiger partial charge < -0.3 is 4.90 Å². The third-order valence-electron chi connectivity index (χ3n) is 6.90. The maximum atomic E-state index is 13.7. The summed E-state index contributed by atoms with van der Waals surface area (Å²) in [5.74, 6) is -0.993. The fourth-order valence-corrected chi connectivity index (χ4v) is 6.02. The molecule has 2 fully saturated rings. The van der Waals surface area contributed by atoms with Crippen LogP contribution in [0.15, 0.2) is 54.6 Å². The summed E-state index contributed by atoms with van der Waals surface area (Å²) >= 11 is 1.70. The number of thioether (sulfide) groups is 1. The van der Waals surface area contributed by atoms with Crippen molar-refractivity contribution in [3.8, 4) is 0 Å². The van der Waals surface area contributed by atoms with E-state index in [0.29, 0.717) is 0 Å². The molecule has 3 aliphatic rings. The van der Waals surface area contributed by atoms with E-state index in [-0.39, 0.29) is 30.3 Å². The second-order valence-electron chi connectivity index (χ2n) is 8.47. The maximum absolute atomic E-state index is 13.7. The van der Waals surface area contributed by atoms with Crippen molar-refractivity contribution in [2.24, 2.45) is 11.8 Å². The first kappa shape index (κ1) is 20.3. The molecule has 3 amide bonds. The van der Waals surface area contributed by atoms with Gasteiger partial charge in [0.15, 0.2) is 0 Å². The highest BCUT2D eigenvalue weighted by molar-refractivity contribution is 7.98. The zero-order chi connectivity index (χ0) is 21.8. The molecule has 0 radical (unpaired) electrons. The van der Waals surface area contributed by atoms with Crippen LogP contribution >= 0.6 is 11.8 Å². The third-order valence-corrected chi connectivity index (χ3v) is 7.55. The number of nitrogens with zero attached hydrogens (tertiary/aromatic N) is 2. The molecule has 1 N–H and O–H groups in total. The van der Waals surface area contributed by atoms with Crippen molar-refractivity contribution < 1.29 is 14.4 Å². The van der Waals surface area contributed by atoms with Crippen molar-refractivity contribution in [3.63, 3.8) is 0 Å². The predicted octanol–water partition coefficient (Wildman–Crippen LogP) is 2.38. The number of para-hydroxylation sites is 1. The zero-order valence-corrected chi connectivity index (χ0v) is 18.4. The largest absolute Gasteiger partial charge is 0.313 e. The van der Waals surface area contributed by atoms with Crippen LogP contribution in [0.3, 0.4) is 0 Å². The summed E-state index contributed by atoms with van der Waals surface area (Å²) in [5.41, 5.74) is 1.32. The number of likely N-dealkylation sites (tertiary alicyclic amines) is 1. The van der Waals surface area contributed by atoms with E-state index in [2.05, 4.69) is 5.32 Å². The monoisotopic (exact) mass is 435 g/mol. The van der Waals surface area contributed by atoms with Gasteiger partial charge >= 0.3 is 0 Å². The number of benzene rings is 2. The van der Waals surface area contributed by atoms with Gasteiger partial charge in [0.1, 0.15) is 5.54 Å². The SMILES string of the molecule is CSCC[C@@H]1N[C@]2(C(=O)N(C)c3ccccc32)[C@@H]2C(=O)N(Cc3ccccc3)C(=O)[C@H]12. The molecule has 6 nitrogen and oxygen atoms in total. The van der Waals surface area contributed by atoms with Gasteiger partial charge in [-0.1, -0.05) is 48.5 Å². The summed E-state index contributed by atoms with van der Waals surface area (Å²) in [7, 11) is 1.74. The molecule has 0 saturated carbocycles. The smallest absolute Gasteiger partial charge is 0.252 e. The van der Waals surface area contributed by atoms with Gasteiger partial charge in [-0.2, -0.15) is 11.8 Å². The van der Waals surface area contributed by atoms with Gasteiger partial charge in [-0.25, -0.2) is 0 Å². The standard InChI is InChI=1S/C24H25N3O3S/c1-26-18-11-7-6-10-16(18)24(23(26)30)20-19(17(25-24)12-13-31-2)21(28)27(22(20)29)14-15-8-4-3-5-9-15/h3-11,17,19-20,25H,12-14H2,1-2H3/t17-,19+,20-,24-/m0/s1. The van der Waals surface area contributed by atoms with Crippen molar-refractivity contribution >= 4 is 35.2 Å². The van der Waals surface area contributed by atoms with Crippen molar-refractivity contribution in [1.29, 1.82) is 0 Å². The van der Waals surface area contributed by atoms with Crippen LogP contribution in [0.4, 0.5) is 5.69 Å². The molecule has 2 aromatic carbocycles. The third kappa shape index (κ3) is 2.79. The number of likely N-dealkylation sites (N-methyl/N-ethyl adjacent to an activating group) is 1. The molecular weight excluding hydrogens is 410 g/mol. The van der Waals surface area contributed by atoms with Crippen LogP contribution < -0.4 is 10.2 Å². The van der Waals surface area contributed by atoms with Gasteiger partial charge in [0, 0.05) is 24.3 Å². The number of fused-ring (bicyclic) bond motifs is 4. The van der Waals surface area contributed by atoms with E-state index in [9.17, 15) is 14.4 Å². The van der Waals surface area contributed by atoms with E-state index in [4.69, 9.17) is 0 Å². The molecule has 0 unspecified atom stereocenters. The average molecular weight is 436 g/mol. The molecule has 0 aromatic heterocycles. The number of hydrogen-bond donors (Lipinski definition) is 1. The first-order valence-corrected chi connectivity index (χ1v) is 11.9. The van der Waals surface area contributed by atoms with Crippen LogP contribution in [0.25, 0.3) is 0 Å². The lowest BCUT2D eigenvalue weighted by molar-refractivity contribution is -0.143. The van der Waals surface area contributed by atoms with Gasteiger partial charge in [-0.3, -0.25) is 24.6 Å². The predicted molar refractivity (Wildman–Crippen MR) is 120 cm³/mol. The Morgan fingerprint density at radius 1 is 1.00 bits per heavy atom. The first-order chi connectivity index (χ1) is 15.0. The Morgan fingerprint density at radius 3 is 2.45 bits per heavy atom. The topological polar surface area (TPSA) is 69.7 Å². The second-order valence-corrected chi connectivity index (χ2v) is 9.46. The number of anilines is 1. The van der Waals surface area contributed by atoms with E-state index in [0.717, 1.165) is 29.0 Å². The Kier molecular flexibility index (Phi) is 4.90. The van der Waals surface area contributed by atoms with Crippen molar-refractivity contribution in [3.05, 3.63) is 65.7 Å². The summed E-state index contributed by atoms with van der Waals surface area (Å²) in [6.07, 6.45) is 2.75. The number of imide groups is 1. The van der Waals surface area contributed by atoms with Crippen LogP contribution in [0, 0.1) is 11.8 Å². The van der Waals surface area contributed by atoms with Gasteiger partial charge in [0.05, 0.1) is 18.4 Å². The molecule has 0 aliphatic carbocycles. The molecule has 3 aliphatic heterocycles. The Balaban J connectivity index is 1.60. The lowest BCUT2D eigenvalue weighted by Gasteiger charge is -2.30. The summed E-state index contributed by atoms with van der Waals surface area (Å²) in [6.45, 7) is 0.239. The molecule has 0 bridgehead atoms. The minimum absolute atomic E-state index is 0.155. The molecule has 3 heterocycles. The normalized spacial score (nSPS) is 29.2. The molecule has 31 heavy (non-hydrogen) atoms. The zero-order valence-electron chi connectivity index (χ0n) is 17.6. The summed E-state index contributed by atoms with van der Waals surface area (Å²) < 4.78 is 0. The van der Waals surface area contributed by atoms with Crippen LogP contribution in [0.1, 0.15) is 17.5 Å². The molecule has 5 rings (SSSR count). The highest BCUT2D eigenvalue weighted by Crippen LogP contribution is 2.54. The van der Waals surface area contributed by atoms with Gasteiger partial charge in [0.25, 0.3) is 5.91 Å². The molecule has 7 heteroatoms. The highest BCUT2D eigenvalue weighted by Gasteiger charge is 2.71. The second kappa shape index (κ2) is 7.50. The fraction of sp³-hybridized carbons (Fsp3) is 0.375. The fourth-order valence-electron chi connectivity index (χ4n) is 5.53. The van der Waals surface area contributed by atoms with Crippen molar-refractivity contribution in [2.45, 2.75) is 24.5 Å². The Morgan fingerprint density at radius 2 is 1.71 bits per heavy atom. The van der Waals surface area contributed by atoms with Gasteiger partial charge in [-0.05, 0) is 30.1 Å². The maximum Gasteiger partial charge on any atom is 0.252 e. The summed E-state index contributed by atoms with van der Waals surface area (Å²) in [4.78, 5) is 43.9. The minimum atomic E-state index is -1.18. The van der Waals surface area contributed by atoms with E-state index < -0.39 is 17.4 Å². The lowest BCUT2D eigenvalue weighted by atomic mass is 9.76. The quantitative estimate of drug-likeness (QED) is 0.731. The van der Waals surface area contributed by atoms with Crippen LogP contribution in [-0.4, -0.2) is 47.7 Å². The first-order valence-electron chi connectivity index (χ1n) is 10.5. The molecular formula is C24H25N3O3S. The van der Waals surface area contributed by atoms with Gasteiger partial charge in [0.2, 0.25) is 11.8 Å². The van der Waals surface area contributed by atoms with Crippen molar-refractivity contribution in [2.75, 3.05) is 24.0 Å². The van der Waals surface area contributed by atoms with E-state index in [1.807, 2.05) is 60.9 Å². The van der Waals surface area contributed by atoms with E-state index >= 15 is 0 Å². The molecule has 1 spiro atoms. The Bertz CT molecular complexity index is 1060. The highest BCUT2D eigenvalue weighted by atomic mass is 32.2. The number of rotatable bonds is 5. The molecule has 2 saturated heterocycles. The number of nitrogens with one attached hydrogen (secondary N) is 1. The molecule has 4 atom stereocenters. The Hall–Kier alpha value is -2.64. The van der Waals surface area contributed by atoms with Crippen LogP contribution in [0.2, 0.25) is 0 Å². The summed E-state index contributed by atoms with van der Waals surface area (Å²) in [6, 6.07) is 16.9. The van der Waals surface area contributed by atoms with Gasteiger partial charge in [-0.15, -0.1) is 0 Å². The number of hydrogen-bond acceptors (Lipinski definition) is 5. The van der Waals surface area contributed by atoms with E-state index in [1.54, 1.807) is 23.7 Å². The van der Waals surface area contributed by atoms with Crippen LogP contribution in [-0.2, 0) is 26.5 Å². The summed E-state index contributed by atoms with van der Waals surface area (Å²) in [5, 5.41) is 3.51. The van der Waals surface area contributed by atoms with Crippen LogP contribution in [0.5, 0.6) is 0 Å². The number of carbonyl (C=O) groups excluding carboxylic acids is 3. The number of amides is 3. The van der Waals surface area contributed by atoms with E-state index in [1.165, 1.54) is 4.90 Å².